The Bertz CT molecular complexity index is 282. The second-order valence-corrected chi connectivity index (χ2v) is 6.04. The van der Waals surface area contributed by atoms with Gasteiger partial charge in [0.25, 0.3) is 0 Å². The predicted octanol–water partition coefficient (Wildman–Crippen LogP) is 3.85. The van der Waals surface area contributed by atoms with E-state index in [1.807, 2.05) is 5.57 Å². The van der Waals surface area contributed by atoms with Crippen LogP contribution in [0.5, 0.6) is 0 Å². The standard InChI is InChI=1S/C15H27N/c1-5-14-13(3)12(2)6-7-15(14)8-10-16(4)11-9-15/h12H,5-11H2,1-4H3. The molecule has 1 heterocycles. The van der Waals surface area contributed by atoms with Gasteiger partial charge in [-0.05, 0) is 70.5 Å². The molecule has 0 amide bonds. The van der Waals surface area contributed by atoms with Gasteiger partial charge in [0.15, 0.2) is 0 Å². The first-order valence-corrected chi connectivity index (χ1v) is 6.98. The molecule has 1 nitrogen and oxygen atoms in total. The predicted molar refractivity (Wildman–Crippen MR) is 70.6 cm³/mol. The molecule has 16 heavy (non-hydrogen) atoms. The number of allylic oxidation sites excluding steroid dienone is 2. The third-order valence-corrected chi connectivity index (χ3v) is 5.21. The molecule has 0 aromatic carbocycles. The Morgan fingerprint density at radius 2 is 1.88 bits per heavy atom. The van der Waals surface area contributed by atoms with Crippen molar-refractivity contribution in [1.82, 2.24) is 4.90 Å². The largest absolute Gasteiger partial charge is 0.306 e. The third kappa shape index (κ3) is 1.95. The van der Waals surface area contributed by atoms with E-state index in [-0.39, 0.29) is 0 Å². The van der Waals surface area contributed by atoms with Crippen molar-refractivity contribution in [2.75, 3.05) is 20.1 Å². The average molecular weight is 221 g/mol. The summed E-state index contributed by atoms with van der Waals surface area (Å²) in [7, 11) is 2.26. The van der Waals surface area contributed by atoms with Crippen molar-refractivity contribution in [3.8, 4) is 0 Å². The molecule has 0 aromatic rings. The van der Waals surface area contributed by atoms with Gasteiger partial charge in [-0.25, -0.2) is 0 Å². The van der Waals surface area contributed by atoms with Crippen molar-refractivity contribution in [2.45, 2.75) is 52.9 Å². The van der Waals surface area contributed by atoms with E-state index in [9.17, 15) is 0 Å². The molecule has 1 fully saturated rings. The molecule has 0 aromatic heterocycles. The molecule has 1 unspecified atom stereocenters. The molecule has 1 heteroatoms. The Morgan fingerprint density at radius 1 is 1.25 bits per heavy atom. The fourth-order valence-corrected chi connectivity index (χ4v) is 3.83. The SMILES string of the molecule is CCC1=C(C)C(C)CCC12CCN(C)CC2. The Balaban J connectivity index is 2.27. The van der Waals surface area contributed by atoms with Gasteiger partial charge in [0.1, 0.15) is 0 Å². The highest BCUT2D eigenvalue weighted by atomic mass is 15.1. The summed E-state index contributed by atoms with van der Waals surface area (Å²) in [5, 5.41) is 0. The van der Waals surface area contributed by atoms with Crippen LogP contribution in [0.3, 0.4) is 0 Å². The summed E-state index contributed by atoms with van der Waals surface area (Å²) in [6.45, 7) is 9.75. The summed E-state index contributed by atoms with van der Waals surface area (Å²) in [6, 6.07) is 0. The maximum Gasteiger partial charge on any atom is -0.00134 e. The lowest BCUT2D eigenvalue weighted by Crippen LogP contribution is -2.41. The van der Waals surface area contributed by atoms with E-state index in [2.05, 4.69) is 32.7 Å². The summed E-state index contributed by atoms with van der Waals surface area (Å²) in [4.78, 5) is 2.49. The quantitative estimate of drug-likeness (QED) is 0.608. The minimum absolute atomic E-state index is 0.595. The van der Waals surface area contributed by atoms with Gasteiger partial charge in [0.05, 0.1) is 0 Å². The highest BCUT2D eigenvalue weighted by molar-refractivity contribution is 5.26. The molecule has 0 bridgehead atoms. The van der Waals surface area contributed by atoms with Crippen LogP contribution in [-0.4, -0.2) is 25.0 Å². The Morgan fingerprint density at radius 3 is 2.44 bits per heavy atom. The second-order valence-electron chi connectivity index (χ2n) is 6.04. The monoisotopic (exact) mass is 221 g/mol. The molecular weight excluding hydrogens is 194 g/mol. The van der Waals surface area contributed by atoms with E-state index >= 15 is 0 Å². The number of likely N-dealkylation sites (tertiary alicyclic amines) is 1. The van der Waals surface area contributed by atoms with Gasteiger partial charge in [0.2, 0.25) is 0 Å². The van der Waals surface area contributed by atoms with Crippen molar-refractivity contribution in [3.63, 3.8) is 0 Å². The zero-order valence-electron chi connectivity index (χ0n) is 11.5. The minimum Gasteiger partial charge on any atom is -0.306 e. The van der Waals surface area contributed by atoms with E-state index in [4.69, 9.17) is 0 Å². The van der Waals surface area contributed by atoms with Crippen LogP contribution in [0.15, 0.2) is 11.1 Å². The van der Waals surface area contributed by atoms with E-state index in [1.165, 1.54) is 45.2 Å². The number of hydrogen-bond donors (Lipinski definition) is 0. The average Bonchev–Trinajstić information content (AvgIpc) is 2.29. The Labute approximate surface area is 101 Å². The van der Waals surface area contributed by atoms with Crippen molar-refractivity contribution < 1.29 is 0 Å². The van der Waals surface area contributed by atoms with Crippen LogP contribution in [0.1, 0.15) is 52.9 Å². The van der Waals surface area contributed by atoms with Gasteiger partial charge in [-0.2, -0.15) is 0 Å². The minimum atomic E-state index is 0.595. The van der Waals surface area contributed by atoms with Crippen LogP contribution >= 0.6 is 0 Å². The molecule has 0 saturated carbocycles. The van der Waals surface area contributed by atoms with E-state index in [0.29, 0.717) is 5.41 Å². The van der Waals surface area contributed by atoms with Crippen LogP contribution in [0, 0.1) is 11.3 Å². The fourth-order valence-electron chi connectivity index (χ4n) is 3.83. The van der Waals surface area contributed by atoms with Gasteiger partial charge in [-0.15, -0.1) is 0 Å². The smallest absolute Gasteiger partial charge is 0.00134 e. The number of rotatable bonds is 1. The van der Waals surface area contributed by atoms with E-state index in [0.717, 1.165) is 5.92 Å². The molecule has 1 atom stereocenters. The Hall–Kier alpha value is -0.300. The normalized spacial score (nSPS) is 31.1. The summed E-state index contributed by atoms with van der Waals surface area (Å²) < 4.78 is 0. The van der Waals surface area contributed by atoms with Gasteiger partial charge in [0, 0.05) is 0 Å². The molecule has 92 valence electrons. The highest BCUT2D eigenvalue weighted by Gasteiger charge is 2.40. The summed E-state index contributed by atoms with van der Waals surface area (Å²) in [5.41, 5.74) is 4.13. The number of piperidine rings is 1. The van der Waals surface area contributed by atoms with Crippen LogP contribution < -0.4 is 0 Å². The van der Waals surface area contributed by atoms with Crippen LogP contribution in [0.4, 0.5) is 0 Å². The van der Waals surface area contributed by atoms with Gasteiger partial charge >= 0.3 is 0 Å². The summed E-state index contributed by atoms with van der Waals surface area (Å²) >= 11 is 0. The zero-order chi connectivity index (χ0) is 11.8. The van der Waals surface area contributed by atoms with Crippen molar-refractivity contribution in [3.05, 3.63) is 11.1 Å². The van der Waals surface area contributed by atoms with E-state index < -0.39 is 0 Å². The van der Waals surface area contributed by atoms with Crippen LogP contribution in [0.2, 0.25) is 0 Å². The Kier molecular flexibility index (Phi) is 3.44. The topological polar surface area (TPSA) is 3.24 Å². The maximum atomic E-state index is 2.49. The van der Waals surface area contributed by atoms with Crippen LogP contribution in [-0.2, 0) is 0 Å². The molecule has 1 aliphatic carbocycles. The van der Waals surface area contributed by atoms with Gasteiger partial charge in [-0.3, -0.25) is 0 Å². The maximum absolute atomic E-state index is 2.49. The first-order chi connectivity index (χ1) is 7.59. The van der Waals surface area contributed by atoms with E-state index in [1.54, 1.807) is 5.57 Å². The molecule has 1 saturated heterocycles. The highest BCUT2D eigenvalue weighted by Crippen LogP contribution is 2.50. The van der Waals surface area contributed by atoms with Crippen LogP contribution in [0.25, 0.3) is 0 Å². The molecule has 1 spiro atoms. The third-order valence-electron chi connectivity index (χ3n) is 5.21. The van der Waals surface area contributed by atoms with Crippen molar-refractivity contribution in [1.29, 1.82) is 0 Å². The first-order valence-electron chi connectivity index (χ1n) is 6.98. The first kappa shape index (κ1) is 12.2. The summed E-state index contributed by atoms with van der Waals surface area (Å²) in [6.07, 6.45) is 6.94. The summed E-state index contributed by atoms with van der Waals surface area (Å²) in [5.74, 6) is 0.834. The molecule has 0 N–H and O–H groups in total. The van der Waals surface area contributed by atoms with Gasteiger partial charge in [-0.1, -0.05) is 25.0 Å². The van der Waals surface area contributed by atoms with Crippen molar-refractivity contribution in [2.24, 2.45) is 11.3 Å². The molecule has 0 radical (unpaired) electrons. The fraction of sp³-hybridized carbons (Fsp3) is 0.867. The van der Waals surface area contributed by atoms with Crippen molar-refractivity contribution >= 4 is 0 Å². The lowest BCUT2D eigenvalue weighted by molar-refractivity contribution is 0.126. The lowest BCUT2D eigenvalue weighted by Gasteiger charge is -2.47. The lowest BCUT2D eigenvalue weighted by atomic mass is 9.62. The zero-order valence-corrected chi connectivity index (χ0v) is 11.5. The molecule has 1 aliphatic heterocycles. The molecule has 2 rings (SSSR count). The van der Waals surface area contributed by atoms with Gasteiger partial charge < -0.3 is 4.90 Å². The molecule has 2 aliphatic rings. The molecular formula is C15H27N. The second kappa shape index (κ2) is 4.52. The number of hydrogen-bond acceptors (Lipinski definition) is 1. The number of nitrogens with zero attached hydrogens (tertiary/aromatic N) is 1.